The molecular formula is C9H20N2O2S. The van der Waals surface area contributed by atoms with Crippen molar-refractivity contribution < 1.29 is 8.42 Å². The van der Waals surface area contributed by atoms with Crippen LogP contribution in [0.1, 0.15) is 19.3 Å². The van der Waals surface area contributed by atoms with E-state index in [9.17, 15) is 8.42 Å². The zero-order valence-corrected chi connectivity index (χ0v) is 9.59. The van der Waals surface area contributed by atoms with Gasteiger partial charge in [0.05, 0.1) is 5.75 Å². The van der Waals surface area contributed by atoms with Crippen LogP contribution in [0.4, 0.5) is 0 Å². The summed E-state index contributed by atoms with van der Waals surface area (Å²) in [5.74, 6) is 0.290. The summed E-state index contributed by atoms with van der Waals surface area (Å²) in [6.45, 7) is 2.85. The van der Waals surface area contributed by atoms with E-state index in [-0.39, 0.29) is 6.04 Å². The largest absolute Gasteiger partial charge is 0.327 e. The third kappa shape index (κ3) is 4.93. The van der Waals surface area contributed by atoms with E-state index >= 15 is 0 Å². The molecule has 0 aliphatic carbocycles. The number of hydrogen-bond donors (Lipinski definition) is 1. The van der Waals surface area contributed by atoms with Gasteiger partial charge in [-0.2, -0.15) is 0 Å². The number of hydrogen-bond acceptors (Lipinski definition) is 4. The second-order valence-corrected chi connectivity index (χ2v) is 6.45. The van der Waals surface area contributed by atoms with Gasteiger partial charge in [-0.3, -0.25) is 0 Å². The normalized spacial score (nSPS) is 25.1. The number of nitrogens with zero attached hydrogens (tertiary/aromatic N) is 1. The highest BCUT2D eigenvalue weighted by atomic mass is 32.2. The molecule has 1 aliphatic heterocycles. The first-order valence-electron chi connectivity index (χ1n) is 5.13. The minimum absolute atomic E-state index is 0.280. The first-order chi connectivity index (χ1) is 6.47. The lowest BCUT2D eigenvalue weighted by atomic mass is 10.1. The molecule has 0 saturated carbocycles. The van der Waals surface area contributed by atoms with Gasteiger partial charge in [0.1, 0.15) is 9.84 Å². The first kappa shape index (κ1) is 11.9. The molecule has 4 nitrogen and oxygen atoms in total. The van der Waals surface area contributed by atoms with Crippen molar-refractivity contribution in [3.05, 3.63) is 0 Å². The van der Waals surface area contributed by atoms with E-state index in [2.05, 4.69) is 4.90 Å². The van der Waals surface area contributed by atoms with Gasteiger partial charge in [0, 0.05) is 18.8 Å². The lowest BCUT2D eigenvalue weighted by Gasteiger charge is -2.30. The zero-order valence-electron chi connectivity index (χ0n) is 8.78. The fourth-order valence-electron chi connectivity index (χ4n) is 1.84. The minimum Gasteiger partial charge on any atom is -0.327 e. The zero-order chi connectivity index (χ0) is 10.6. The summed E-state index contributed by atoms with van der Waals surface area (Å²) in [7, 11) is -2.80. The van der Waals surface area contributed by atoms with Crippen LogP contribution in [0, 0.1) is 0 Å². The van der Waals surface area contributed by atoms with Crippen LogP contribution >= 0.6 is 0 Å². The molecule has 1 unspecified atom stereocenters. The number of rotatable bonds is 4. The van der Waals surface area contributed by atoms with Crippen molar-refractivity contribution in [1.29, 1.82) is 0 Å². The molecular weight excluding hydrogens is 200 g/mol. The quantitative estimate of drug-likeness (QED) is 0.715. The summed E-state index contributed by atoms with van der Waals surface area (Å²) in [6.07, 6.45) is 4.25. The molecule has 1 rings (SSSR count). The molecule has 2 N–H and O–H groups in total. The van der Waals surface area contributed by atoms with E-state index in [1.165, 1.54) is 6.26 Å². The Hall–Kier alpha value is -0.130. The van der Waals surface area contributed by atoms with Crippen LogP contribution in [0.15, 0.2) is 0 Å². The van der Waals surface area contributed by atoms with Crippen LogP contribution in [0.5, 0.6) is 0 Å². The molecule has 0 aromatic heterocycles. The summed E-state index contributed by atoms with van der Waals surface area (Å²) < 4.78 is 21.8. The predicted octanol–water partition coefficient (Wildman–Crippen LogP) is -0.156. The van der Waals surface area contributed by atoms with Crippen molar-refractivity contribution in [2.75, 3.05) is 31.6 Å². The maximum Gasteiger partial charge on any atom is 0.147 e. The van der Waals surface area contributed by atoms with Gasteiger partial charge in [0.2, 0.25) is 0 Å². The third-order valence-corrected chi connectivity index (χ3v) is 3.56. The highest BCUT2D eigenvalue weighted by molar-refractivity contribution is 7.90. The SMILES string of the molecule is CS(=O)(=O)CCCN1CCCC(N)C1. The molecule has 0 spiro atoms. The molecule has 0 bridgehead atoms. The van der Waals surface area contributed by atoms with E-state index in [1.807, 2.05) is 0 Å². The maximum absolute atomic E-state index is 10.9. The van der Waals surface area contributed by atoms with Gasteiger partial charge >= 0.3 is 0 Å². The Morgan fingerprint density at radius 1 is 1.50 bits per heavy atom. The Labute approximate surface area is 86.4 Å². The monoisotopic (exact) mass is 220 g/mol. The number of nitrogens with two attached hydrogens (primary N) is 1. The summed E-state index contributed by atoms with van der Waals surface area (Å²) in [4.78, 5) is 2.26. The topological polar surface area (TPSA) is 63.4 Å². The van der Waals surface area contributed by atoms with E-state index in [0.717, 1.165) is 38.9 Å². The maximum atomic E-state index is 10.9. The molecule has 0 radical (unpaired) electrons. The average molecular weight is 220 g/mol. The van der Waals surface area contributed by atoms with E-state index < -0.39 is 9.84 Å². The predicted molar refractivity (Wildman–Crippen MR) is 58.0 cm³/mol. The molecule has 1 atom stereocenters. The molecule has 0 aromatic rings. The van der Waals surface area contributed by atoms with Gasteiger partial charge in [-0.05, 0) is 32.4 Å². The van der Waals surface area contributed by atoms with Crippen molar-refractivity contribution in [1.82, 2.24) is 4.90 Å². The molecule has 84 valence electrons. The Morgan fingerprint density at radius 3 is 2.79 bits per heavy atom. The fourth-order valence-corrected chi connectivity index (χ4v) is 2.50. The smallest absolute Gasteiger partial charge is 0.147 e. The standard InChI is InChI=1S/C9H20N2O2S/c1-14(12,13)7-3-6-11-5-2-4-9(10)8-11/h9H,2-8,10H2,1H3. The van der Waals surface area contributed by atoms with E-state index in [1.54, 1.807) is 0 Å². The lowest BCUT2D eigenvalue weighted by molar-refractivity contribution is 0.210. The van der Waals surface area contributed by atoms with E-state index in [0.29, 0.717) is 5.75 Å². The first-order valence-corrected chi connectivity index (χ1v) is 7.19. The van der Waals surface area contributed by atoms with Gasteiger partial charge in [0.25, 0.3) is 0 Å². The van der Waals surface area contributed by atoms with Gasteiger partial charge in [-0.1, -0.05) is 0 Å². The Morgan fingerprint density at radius 2 is 2.21 bits per heavy atom. The second-order valence-electron chi connectivity index (χ2n) is 4.19. The fraction of sp³-hybridized carbons (Fsp3) is 1.00. The van der Waals surface area contributed by atoms with Crippen molar-refractivity contribution >= 4 is 9.84 Å². The molecule has 1 saturated heterocycles. The number of likely N-dealkylation sites (tertiary alicyclic amines) is 1. The second kappa shape index (κ2) is 5.09. The van der Waals surface area contributed by atoms with Crippen LogP contribution in [0.25, 0.3) is 0 Å². The average Bonchev–Trinajstić information content (AvgIpc) is 2.01. The van der Waals surface area contributed by atoms with Crippen LogP contribution in [0.3, 0.4) is 0 Å². The van der Waals surface area contributed by atoms with Crippen LogP contribution in [-0.2, 0) is 9.84 Å². The third-order valence-electron chi connectivity index (χ3n) is 2.53. The molecule has 0 aromatic carbocycles. The summed E-state index contributed by atoms with van der Waals surface area (Å²) in [5, 5.41) is 0. The Bertz CT molecular complexity index is 264. The van der Waals surface area contributed by atoms with Gasteiger partial charge in [0.15, 0.2) is 0 Å². The van der Waals surface area contributed by atoms with E-state index in [4.69, 9.17) is 5.73 Å². The van der Waals surface area contributed by atoms with Gasteiger partial charge < -0.3 is 10.6 Å². The number of piperidine rings is 1. The number of sulfone groups is 1. The minimum atomic E-state index is -2.80. The highest BCUT2D eigenvalue weighted by Crippen LogP contribution is 2.08. The van der Waals surface area contributed by atoms with Crippen LogP contribution in [-0.4, -0.2) is 51.0 Å². The summed E-state index contributed by atoms with van der Waals surface area (Å²) >= 11 is 0. The van der Waals surface area contributed by atoms with Gasteiger partial charge in [-0.15, -0.1) is 0 Å². The molecule has 5 heteroatoms. The molecule has 14 heavy (non-hydrogen) atoms. The molecule has 1 heterocycles. The van der Waals surface area contributed by atoms with Crippen molar-refractivity contribution in [3.8, 4) is 0 Å². The van der Waals surface area contributed by atoms with Crippen LogP contribution in [0.2, 0.25) is 0 Å². The molecule has 0 amide bonds. The highest BCUT2D eigenvalue weighted by Gasteiger charge is 2.16. The van der Waals surface area contributed by atoms with Crippen molar-refractivity contribution in [2.24, 2.45) is 5.73 Å². The Balaban J connectivity index is 2.18. The Kier molecular flexibility index (Phi) is 4.34. The van der Waals surface area contributed by atoms with Crippen molar-refractivity contribution in [2.45, 2.75) is 25.3 Å². The molecule has 1 aliphatic rings. The van der Waals surface area contributed by atoms with Crippen LogP contribution < -0.4 is 5.73 Å². The lowest BCUT2D eigenvalue weighted by Crippen LogP contribution is -2.43. The summed E-state index contributed by atoms with van der Waals surface area (Å²) in [6, 6.07) is 0.280. The summed E-state index contributed by atoms with van der Waals surface area (Å²) in [5.41, 5.74) is 5.82. The van der Waals surface area contributed by atoms with Crippen molar-refractivity contribution in [3.63, 3.8) is 0 Å². The molecule has 1 fully saturated rings. The van der Waals surface area contributed by atoms with Gasteiger partial charge in [-0.25, -0.2) is 8.42 Å².